The maximum absolute atomic E-state index is 5.43. The summed E-state index contributed by atoms with van der Waals surface area (Å²) in [6, 6.07) is 7.89. The third-order valence-electron chi connectivity index (χ3n) is 3.98. The number of ether oxygens (including phenoxy) is 4. The smallest absolute Gasteiger partial charge is 0.231 e. The van der Waals surface area contributed by atoms with E-state index in [0.717, 1.165) is 62.6 Å². The number of benzene rings is 2. The Morgan fingerprint density at radius 3 is 2.28 bits per heavy atom. The van der Waals surface area contributed by atoms with Crippen LogP contribution >= 0.6 is 31.9 Å². The Balaban J connectivity index is 1.59. The van der Waals surface area contributed by atoms with Gasteiger partial charge in [0.25, 0.3) is 0 Å². The van der Waals surface area contributed by atoms with Crippen molar-refractivity contribution in [2.75, 3.05) is 27.6 Å². The molecule has 0 radical (unpaired) electrons. The fourth-order valence-electron chi connectivity index (χ4n) is 2.63. The molecule has 0 unspecified atom stereocenters. The average Bonchev–Trinajstić information content (AvgIpc) is 3.06. The van der Waals surface area contributed by atoms with Crippen LogP contribution in [0.1, 0.15) is 11.1 Å². The molecule has 7 heteroatoms. The van der Waals surface area contributed by atoms with Crippen molar-refractivity contribution in [3.05, 3.63) is 44.3 Å². The quantitative estimate of drug-likeness (QED) is 0.609. The van der Waals surface area contributed by atoms with E-state index >= 15 is 0 Å². The van der Waals surface area contributed by atoms with E-state index in [1.165, 1.54) is 0 Å². The fraction of sp³-hybridized carbons (Fsp3) is 0.333. The molecule has 5 nitrogen and oxygen atoms in total. The summed E-state index contributed by atoms with van der Waals surface area (Å²) < 4.78 is 23.5. The van der Waals surface area contributed by atoms with Crippen molar-refractivity contribution in [3.63, 3.8) is 0 Å². The Bertz CT molecular complexity index is 767. The summed E-state index contributed by atoms with van der Waals surface area (Å²) in [7, 11) is 3.28. The topological polar surface area (TPSA) is 49.0 Å². The number of nitrogens with one attached hydrogen (secondary N) is 1. The predicted octanol–water partition coefficient (Wildman–Crippen LogP) is 4.29. The lowest BCUT2D eigenvalue weighted by Crippen LogP contribution is -2.17. The minimum absolute atomic E-state index is 0.284. The number of rotatable bonds is 7. The zero-order valence-corrected chi connectivity index (χ0v) is 17.2. The number of fused-ring (bicyclic) bond motifs is 1. The SMILES string of the molecule is COc1cc(Br)c(CCNCc2cc3c(cc2Br)OCO3)cc1OC. The molecule has 0 amide bonds. The molecule has 2 aromatic rings. The van der Waals surface area contributed by atoms with E-state index < -0.39 is 0 Å². The highest BCUT2D eigenvalue weighted by molar-refractivity contribution is 9.10. The van der Waals surface area contributed by atoms with Gasteiger partial charge in [0.05, 0.1) is 14.2 Å². The van der Waals surface area contributed by atoms with Crippen LogP contribution in [0.2, 0.25) is 0 Å². The van der Waals surface area contributed by atoms with Gasteiger partial charge in [-0.05, 0) is 48.4 Å². The number of halogens is 2. The molecule has 0 saturated heterocycles. The molecular weight excluding hydrogens is 454 g/mol. The first-order chi connectivity index (χ1) is 12.1. The van der Waals surface area contributed by atoms with E-state index in [2.05, 4.69) is 37.2 Å². The summed E-state index contributed by atoms with van der Waals surface area (Å²) in [5.41, 5.74) is 2.30. The Hall–Kier alpha value is -1.44. The van der Waals surface area contributed by atoms with Gasteiger partial charge in [-0.2, -0.15) is 0 Å². The summed E-state index contributed by atoms with van der Waals surface area (Å²) in [6.07, 6.45) is 0.864. The lowest BCUT2D eigenvalue weighted by atomic mass is 10.1. The van der Waals surface area contributed by atoms with Gasteiger partial charge >= 0.3 is 0 Å². The molecule has 0 atom stereocenters. The van der Waals surface area contributed by atoms with Crippen LogP contribution in [0.5, 0.6) is 23.0 Å². The molecule has 0 saturated carbocycles. The highest BCUT2D eigenvalue weighted by atomic mass is 79.9. The van der Waals surface area contributed by atoms with Crippen molar-refractivity contribution in [2.45, 2.75) is 13.0 Å². The van der Waals surface area contributed by atoms with E-state index in [4.69, 9.17) is 18.9 Å². The number of hydrogen-bond donors (Lipinski definition) is 1. The van der Waals surface area contributed by atoms with E-state index in [9.17, 15) is 0 Å². The Labute approximate surface area is 163 Å². The van der Waals surface area contributed by atoms with E-state index in [0.29, 0.717) is 0 Å². The van der Waals surface area contributed by atoms with Crippen molar-refractivity contribution in [1.29, 1.82) is 0 Å². The number of methoxy groups -OCH3 is 2. The van der Waals surface area contributed by atoms with Crippen molar-refractivity contribution >= 4 is 31.9 Å². The minimum Gasteiger partial charge on any atom is -0.493 e. The largest absolute Gasteiger partial charge is 0.493 e. The van der Waals surface area contributed by atoms with Crippen LogP contribution in [0.15, 0.2) is 33.2 Å². The summed E-state index contributed by atoms with van der Waals surface area (Å²) >= 11 is 7.17. The molecule has 3 rings (SSSR count). The van der Waals surface area contributed by atoms with Crippen molar-refractivity contribution in [2.24, 2.45) is 0 Å². The predicted molar refractivity (Wildman–Crippen MR) is 103 cm³/mol. The van der Waals surface area contributed by atoms with Crippen LogP contribution in [-0.4, -0.2) is 27.6 Å². The molecule has 1 N–H and O–H groups in total. The fourth-order valence-corrected chi connectivity index (χ4v) is 3.61. The molecule has 0 fully saturated rings. The number of hydrogen-bond acceptors (Lipinski definition) is 5. The lowest BCUT2D eigenvalue weighted by molar-refractivity contribution is 0.174. The monoisotopic (exact) mass is 471 g/mol. The first kappa shape index (κ1) is 18.4. The van der Waals surface area contributed by atoms with E-state index in [1.807, 2.05) is 24.3 Å². The van der Waals surface area contributed by atoms with Crippen LogP contribution in [0, 0.1) is 0 Å². The van der Waals surface area contributed by atoms with Gasteiger partial charge in [-0.25, -0.2) is 0 Å². The second kappa shape index (κ2) is 8.29. The molecule has 2 aromatic carbocycles. The van der Waals surface area contributed by atoms with Gasteiger partial charge in [0, 0.05) is 15.5 Å². The molecule has 25 heavy (non-hydrogen) atoms. The Morgan fingerprint density at radius 2 is 1.56 bits per heavy atom. The third-order valence-corrected chi connectivity index (χ3v) is 5.46. The Kier molecular flexibility index (Phi) is 6.09. The average molecular weight is 473 g/mol. The molecule has 0 aromatic heterocycles. The zero-order chi connectivity index (χ0) is 17.8. The van der Waals surface area contributed by atoms with E-state index in [1.54, 1.807) is 14.2 Å². The molecular formula is C18H19Br2NO4. The highest BCUT2D eigenvalue weighted by Crippen LogP contribution is 2.37. The molecule has 0 spiro atoms. The Morgan fingerprint density at radius 1 is 0.920 bits per heavy atom. The van der Waals surface area contributed by atoms with Crippen LogP contribution in [0.25, 0.3) is 0 Å². The van der Waals surface area contributed by atoms with Crippen molar-refractivity contribution in [1.82, 2.24) is 5.32 Å². The molecule has 1 heterocycles. The van der Waals surface area contributed by atoms with Crippen LogP contribution < -0.4 is 24.3 Å². The van der Waals surface area contributed by atoms with E-state index in [-0.39, 0.29) is 6.79 Å². The highest BCUT2D eigenvalue weighted by Gasteiger charge is 2.16. The molecule has 0 bridgehead atoms. The van der Waals surface area contributed by atoms with Gasteiger partial charge < -0.3 is 24.3 Å². The van der Waals surface area contributed by atoms with Gasteiger partial charge in [0.1, 0.15) is 0 Å². The summed E-state index contributed by atoms with van der Waals surface area (Å²) in [5, 5.41) is 3.46. The second-order valence-corrected chi connectivity index (χ2v) is 7.23. The summed E-state index contributed by atoms with van der Waals surface area (Å²) in [6.45, 7) is 1.85. The second-order valence-electron chi connectivity index (χ2n) is 5.52. The van der Waals surface area contributed by atoms with Gasteiger partial charge in [-0.1, -0.05) is 31.9 Å². The lowest BCUT2D eigenvalue weighted by Gasteiger charge is -2.13. The van der Waals surface area contributed by atoms with Crippen LogP contribution in [0.4, 0.5) is 0 Å². The maximum atomic E-state index is 5.43. The standard InChI is InChI=1S/C18H19Br2NO4/c1-22-15-5-11(13(19)7-16(15)23-2)3-4-21-9-12-6-17-18(8-14(12)20)25-10-24-17/h5-8,21H,3-4,9-10H2,1-2H3. The van der Waals surface area contributed by atoms with Gasteiger partial charge in [-0.3, -0.25) is 0 Å². The van der Waals surface area contributed by atoms with Crippen molar-refractivity contribution in [3.8, 4) is 23.0 Å². The molecule has 134 valence electrons. The summed E-state index contributed by atoms with van der Waals surface area (Å²) in [4.78, 5) is 0. The van der Waals surface area contributed by atoms with Gasteiger partial charge in [0.15, 0.2) is 23.0 Å². The van der Waals surface area contributed by atoms with Crippen molar-refractivity contribution < 1.29 is 18.9 Å². The van der Waals surface area contributed by atoms with Crippen LogP contribution in [0.3, 0.4) is 0 Å². The van der Waals surface area contributed by atoms with Gasteiger partial charge in [-0.15, -0.1) is 0 Å². The normalized spacial score (nSPS) is 12.3. The van der Waals surface area contributed by atoms with Gasteiger partial charge in [0.2, 0.25) is 6.79 Å². The first-order valence-electron chi connectivity index (χ1n) is 7.81. The minimum atomic E-state index is 0.284. The first-order valence-corrected chi connectivity index (χ1v) is 9.40. The third kappa shape index (κ3) is 4.22. The summed E-state index contributed by atoms with van der Waals surface area (Å²) in [5.74, 6) is 3.03. The molecule has 1 aliphatic heterocycles. The maximum Gasteiger partial charge on any atom is 0.231 e. The zero-order valence-electron chi connectivity index (χ0n) is 14.0. The molecule has 0 aliphatic carbocycles. The molecule has 1 aliphatic rings. The van der Waals surface area contributed by atoms with Crippen LogP contribution in [-0.2, 0) is 13.0 Å².